The van der Waals surface area contributed by atoms with Crippen LogP contribution in [0, 0.1) is 12.7 Å². The Morgan fingerprint density at radius 2 is 1.10 bits per heavy atom. The van der Waals surface area contributed by atoms with Gasteiger partial charge in [0.2, 0.25) is 0 Å². The molecule has 0 amide bonds. The minimum absolute atomic E-state index is 0.0210. The highest BCUT2D eigenvalue weighted by molar-refractivity contribution is 6.35. The fourth-order valence-electron chi connectivity index (χ4n) is 13.9. The Morgan fingerprint density at radius 1 is 0.573 bits per heavy atom. The maximum Gasteiger partial charge on any atom is 0.157 e. The molecule has 0 aliphatic carbocycles. The van der Waals surface area contributed by atoms with Crippen molar-refractivity contribution in [2.45, 2.75) is 185 Å². The van der Waals surface area contributed by atoms with Gasteiger partial charge < -0.3 is 51.4 Å². The van der Waals surface area contributed by atoms with Crippen molar-refractivity contribution in [2.75, 3.05) is 75.4 Å². The molecule has 0 bridgehead atoms. The van der Waals surface area contributed by atoms with Gasteiger partial charge in [0.25, 0.3) is 0 Å². The van der Waals surface area contributed by atoms with Crippen LogP contribution in [0.15, 0.2) is 36.4 Å². The Morgan fingerprint density at radius 3 is 1.73 bits per heavy atom. The van der Waals surface area contributed by atoms with Gasteiger partial charge in [0.1, 0.15) is 48.3 Å². The van der Waals surface area contributed by atoms with Gasteiger partial charge in [-0.2, -0.15) is 0 Å². The molecule has 3 aromatic carbocycles. The highest BCUT2D eigenvalue weighted by Gasteiger charge is 2.37. The van der Waals surface area contributed by atoms with Gasteiger partial charge >= 0.3 is 0 Å². The first kappa shape index (κ1) is 57.8. The Hall–Kier alpha value is -4.58. The topological polar surface area (TPSA) is 208 Å². The van der Waals surface area contributed by atoms with E-state index in [-0.39, 0.29) is 61.2 Å². The van der Waals surface area contributed by atoms with Crippen molar-refractivity contribution >= 4 is 45.4 Å². The van der Waals surface area contributed by atoms with Gasteiger partial charge in [0.15, 0.2) is 5.82 Å². The molecule has 9 heterocycles. The summed E-state index contributed by atoms with van der Waals surface area (Å²) in [4.78, 5) is 0. The van der Waals surface area contributed by atoms with E-state index in [1.165, 1.54) is 27.8 Å². The number of fused-ring (bicyclic) bond motifs is 3. The van der Waals surface area contributed by atoms with Gasteiger partial charge in [-0.05, 0) is 153 Å². The van der Waals surface area contributed by atoms with Crippen molar-refractivity contribution in [3.8, 4) is 17.2 Å². The first-order valence-corrected chi connectivity index (χ1v) is 31.3. The number of rotatable bonds is 16. The standard InChI is InChI=1S/C62H91ClFN15O3/c1-33-11-12-40(15-21-68-33)54-56(64)48(30-43-27-45(82-59(43)54)32-70-50-24-35(3)72-60(78-50)74-46-28-41-16-22-80-57(41)52(37(46)5)38-9-7-17-66-19-13-38)76-62-73-36(4)25-51(79-62)69-31-44-26-42-29-47(75-61-71-34(2)23-49(65-6)77-61)55(63)53(58(42)81-44)39-10-8-18-67-20-14-39/h13-15,28-30,33-36,44-45,49-51,60-62,65-79H,7-12,16-27,31-32H2,1-6H3. The van der Waals surface area contributed by atoms with Crippen molar-refractivity contribution in [2.24, 2.45) is 0 Å². The summed E-state index contributed by atoms with van der Waals surface area (Å²) in [6, 6.07) is 7.49. The lowest BCUT2D eigenvalue weighted by atomic mass is 9.92. The van der Waals surface area contributed by atoms with Crippen LogP contribution in [0.3, 0.4) is 0 Å². The van der Waals surface area contributed by atoms with Crippen molar-refractivity contribution in [3.05, 3.63) is 86.2 Å². The summed E-state index contributed by atoms with van der Waals surface area (Å²) < 4.78 is 37.6. The van der Waals surface area contributed by atoms with Gasteiger partial charge in [-0.25, -0.2) is 4.39 Å². The summed E-state index contributed by atoms with van der Waals surface area (Å²) in [6.07, 6.45) is 16.7. The largest absolute Gasteiger partial charge is 0.492 e. The van der Waals surface area contributed by atoms with Crippen LogP contribution in [0.5, 0.6) is 17.2 Å². The summed E-state index contributed by atoms with van der Waals surface area (Å²) in [5.74, 6) is 2.33. The smallest absolute Gasteiger partial charge is 0.157 e. The minimum atomic E-state index is -0.406. The van der Waals surface area contributed by atoms with Crippen LogP contribution in [0.4, 0.5) is 21.5 Å². The molecule has 0 spiro atoms. The maximum atomic E-state index is 17.5. The van der Waals surface area contributed by atoms with E-state index in [1.807, 2.05) is 13.1 Å². The molecule has 82 heavy (non-hydrogen) atoms. The van der Waals surface area contributed by atoms with Crippen LogP contribution in [0.1, 0.15) is 124 Å². The average Bonchev–Trinajstić information content (AvgIpc) is 4.10. The fraction of sp³-hybridized carbons (Fsp3) is 0.613. The zero-order valence-corrected chi connectivity index (χ0v) is 49.8. The molecule has 0 saturated carbocycles. The maximum absolute atomic E-state index is 17.5. The fourth-order valence-corrected chi connectivity index (χ4v) is 14.2. The summed E-state index contributed by atoms with van der Waals surface area (Å²) >= 11 is 7.41. The number of nitrogens with one attached hydrogen (secondary N) is 15. The lowest BCUT2D eigenvalue weighted by Crippen LogP contribution is -2.65. The van der Waals surface area contributed by atoms with Crippen LogP contribution in [0.25, 0.3) is 16.7 Å². The third-order valence-electron chi connectivity index (χ3n) is 18.2. The average molecular weight is 1150 g/mol. The van der Waals surface area contributed by atoms with Crippen molar-refractivity contribution < 1.29 is 18.6 Å². The molecular formula is C62H91ClFN15O3. The molecule has 12 rings (SSSR count). The number of hydrogen-bond acceptors (Lipinski definition) is 18. The SMILES string of the molecule is CNC1CC(C)NC(Nc2cc3c(c(C4=CCNCCC4)c2Cl)OC(CNC2CC(C)NC(Nc4cc5c(c(C6=CCNC(C)CC6)c4F)OC(CNC4CC(C)NC(Nc6cc7c(c(C8=CCNCCC8)c6C)OCC7)N4)C5)N2)C3)N1. The second kappa shape index (κ2) is 26.0. The minimum Gasteiger partial charge on any atom is -0.492 e. The number of ether oxygens (including phenoxy) is 3. The van der Waals surface area contributed by atoms with Gasteiger partial charge in [0, 0.05) is 110 Å². The van der Waals surface area contributed by atoms with E-state index < -0.39 is 6.29 Å². The zero-order valence-electron chi connectivity index (χ0n) is 49.0. The summed E-state index contributed by atoms with van der Waals surface area (Å²) in [6.45, 7) is 17.3. The lowest BCUT2D eigenvalue weighted by molar-refractivity contribution is 0.189. The number of halogens is 2. The monoisotopic (exact) mass is 1150 g/mol. The van der Waals surface area contributed by atoms with Crippen LogP contribution < -0.4 is 94.0 Å². The molecule has 3 saturated heterocycles. The first-order valence-electron chi connectivity index (χ1n) is 31.0. The lowest BCUT2D eigenvalue weighted by Gasteiger charge is -2.38. The van der Waals surface area contributed by atoms with Gasteiger partial charge in [-0.1, -0.05) is 29.8 Å². The van der Waals surface area contributed by atoms with Gasteiger partial charge in [0.05, 0.1) is 47.1 Å². The van der Waals surface area contributed by atoms with Crippen molar-refractivity contribution in [3.63, 3.8) is 0 Å². The molecular weight excluding hydrogens is 1060 g/mol. The van der Waals surface area contributed by atoms with Gasteiger partial charge in [-0.3, -0.25) is 42.5 Å². The second-order valence-electron chi connectivity index (χ2n) is 24.7. The van der Waals surface area contributed by atoms with E-state index in [2.05, 4.69) is 145 Å². The molecule has 18 nitrogen and oxygen atoms in total. The number of benzene rings is 3. The van der Waals surface area contributed by atoms with E-state index >= 15 is 4.39 Å². The van der Waals surface area contributed by atoms with Crippen molar-refractivity contribution in [1.82, 2.24) is 63.8 Å². The highest BCUT2D eigenvalue weighted by Crippen LogP contribution is 2.48. The Kier molecular flexibility index (Phi) is 18.3. The van der Waals surface area contributed by atoms with E-state index in [1.54, 1.807) is 0 Å². The van der Waals surface area contributed by atoms with E-state index in [0.29, 0.717) is 60.2 Å². The molecule has 12 atom stereocenters. The first-order chi connectivity index (χ1) is 39.9. The third kappa shape index (κ3) is 13.1. The Bertz CT molecular complexity index is 2890. The molecule has 9 aliphatic rings. The normalized spacial score (nSPS) is 31.1. The highest BCUT2D eigenvalue weighted by atomic mass is 35.5. The zero-order chi connectivity index (χ0) is 56.4. The summed E-state index contributed by atoms with van der Waals surface area (Å²) in [5.41, 5.74) is 13.5. The summed E-state index contributed by atoms with van der Waals surface area (Å²) in [5, 5.41) is 55.7. The molecule has 3 fully saturated rings. The molecule has 20 heteroatoms. The molecule has 12 unspecified atom stereocenters. The van der Waals surface area contributed by atoms with E-state index in [4.69, 9.17) is 25.8 Å². The van der Waals surface area contributed by atoms with E-state index in [9.17, 15) is 0 Å². The summed E-state index contributed by atoms with van der Waals surface area (Å²) in [7, 11) is 1.99. The Balaban J connectivity index is 0.710. The molecule has 9 aliphatic heterocycles. The van der Waals surface area contributed by atoms with Crippen molar-refractivity contribution in [1.29, 1.82) is 0 Å². The van der Waals surface area contributed by atoms with Crippen LogP contribution in [0.2, 0.25) is 5.02 Å². The molecule has 3 aromatic rings. The number of anilines is 3. The quantitative estimate of drug-likeness (QED) is 0.0819. The van der Waals surface area contributed by atoms with Gasteiger partial charge in [-0.15, -0.1) is 0 Å². The van der Waals surface area contributed by atoms with Crippen LogP contribution in [-0.4, -0.2) is 133 Å². The second-order valence-corrected chi connectivity index (χ2v) is 25.0. The molecule has 0 aromatic heterocycles. The van der Waals surface area contributed by atoms with Crippen LogP contribution >= 0.6 is 11.6 Å². The predicted octanol–water partition coefficient (Wildman–Crippen LogP) is 5.80. The Labute approximate surface area is 490 Å². The number of hydrogen-bond donors (Lipinski definition) is 15. The molecule has 446 valence electrons. The molecule has 0 radical (unpaired) electrons. The molecule has 15 N–H and O–H groups in total. The van der Waals surface area contributed by atoms with Crippen LogP contribution in [-0.2, 0) is 19.3 Å². The predicted molar refractivity (Wildman–Crippen MR) is 329 cm³/mol. The number of allylic oxidation sites excluding steroid dienone is 3. The third-order valence-corrected chi connectivity index (χ3v) is 18.5. The van der Waals surface area contributed by atoms with E-state index in [0.717, 1.165) is 149 Å².